The van der Waals surface area contributed by atoms with Crippen molar-refractivity contribution in [1.29, 1.82) is 0 Å². The zero-order valence-corrected chi connectivity index (χ0v) is 6.60. The highest BCUT2D eigenvalue weighted by Crippen LogP contribution is 1.95. The van der Waals surface area contributed by atoms with Gasteiger partial charge in [-0.25, -0.2) is 0 Å². The van der Waals surface area contributed by atoms with Crippen LogP contribution in [0.4, 0.5) is 0 Å². The molecule has 0 heterocycles. The fraction of sp³-hybridized carbons (Fsp3) is 1.00. The van der Waals surface area contributed by atoms with E-state index < -0.39 is 15.5 Å². The van der Waals surface area contributed by atoms with Crippen LogP contribution in [0.3, 0.4) is 0 Å². The van der Waals surface area contributed by atoms with E-state index in [4.69, 9.17) is 11.5 Å². The van der Waals surface area contributed by atoms with Crippen molar-refractivity contribution in [2.24, 2.45) is 11.5 Å². The second-order valence-electron chi connectivity index (χ2n) is 1.81. The zero-order valence-electron chi connectivity index (χ0n) is 5.78. The first-order valence-electron chi connectivity index (χ1n) is 2.84. The van der Waals surface area contributed by atoms with Gasteiger partial charge in [-0.3, -0.25) is 4.18 Å². The first-order valence-corrected chi connectivity index (χ1v) is 4.31. The highest BCUT2D eigenvalue weighted by Gasteiger charge is 2.15. The van der Waals surface area contributed by atoms with Gasteiger partial charge < -0.3 is 11.5 Å². The summed E-state index contributed by atoms with van der Waals surface area (Å²) in [5.41, 5.74) is 10.1. The second kappa shape index (κ2) is 3.87. The van der Waals surface area contributed by atoms with Crippen molar-refractivity contribution < 1.29 is 12.6 Å². The molecule has 0 fully saturated rings. The van der Waals surface area contributed by atoms with E-state index in [1.54, 1.807) is 0 Å². The van der Waals surface area contributed by atoms with Crippen LogP contribution in [0.2, 0.25) is 0 Å². The predicted octanol–water partition coefficient (Wildman–Crippen LogP) is -1.40. The van der Waals surface area contributed by atoms with Gasteiger partial charge in [0.2, 0.25) is 0 Å². The lowest BCUT2D eigenvalue weighted by atomic mass is 10.8. The molecule has 0 aromatic carbocycles. The van der Waals surface area contributed by atoms with E-state index in [0.717, 1.165) is 0 Å². The van der Waals surface area contributed by atoms with Gasteiger partial charge in [-0.2, -0.15) is 8.42 Å². The Balaban J connectivity index is 3.90. The minimum atomic E-state index is -3.56. The summed E-state index contributed by atoms with van der Waals surface area (Å²) in [5.74, 6) is 0. The molecule has 0 saturated heterocycles. The fourth-order valence-corrected chi connectivity index (χ4v) is 0.815. The smallest absolute Gasteiger partial charge is 0.283 e. The first-order chi connectivity index (χ1) is 4.50. The first kappa shape index (κ1) is 9.83. The van der Waals surface area contributed by atoms with E-state index in [1.807, 2.05) is 0 Å². The van der Waals surface area contributed by atoms with Crippen molar-refractivity contribution in [2.45, 2.75) is 12.3 Å². The van der Waals surface area contributed by atoms with E-state index in [2.05, 4.69) is 4.18 Å². The Morgan fingerprint density at radius 3 is 2.40 bits per heavy atom. The molecule has 4 N–H and O–H groups in total. The molecule has 62 valence electrons. The maximum atomic E-state index is 10.7. The molecule has 10 heavy (non-hydrogen) atoms. The summed E-state index contributed by atoms with van der Waals surface area (Å²) in [6.45, 7) is 1.50. The molecule has 0 aliphatic rings. The van der Waals surface area contributed by atoms with E-state index >= 15 is 0 Å². The van der Waals surface area contributed by atoms with Crippen LogP contribution in [0, 0.1) is 0 Å². The summed E-state index contributed by atoms with van der Waals surface area (Å²) in [5, 5.41) is -0.987. The van der Waals surface area contributed by atoms with Gasteiger partial charge in [0.25, 0.3) is 10.1 Å². The lowest BCUT2D eigenvalue weighted by molar-refractivity contribution is 0.322. The maximum absolute atomic E-state index is 10.7. The Morgan fingerprint density at radius 2 is 2.10 bits per heavy atom. The Hall–Kier alpha value is -0.170. The van der Waals surface area contributed by atoms with Crippen LogP contribution in [-0.4, -0.2) is 26.9 Å². The molecular formula is C4H12N2O3S. The van der Waals surface area contributed by atoms with Gasteiger partial charge in [-0.15, -0.1) is 0 Å². The molecule has 0 aliphatic carbocycles. The van der Waals surface area contributed by atoms with Gasteiger partial charge in [-0.1, -0.05) is 0 Å². The summed E-state index contributed by atoms with van der Waals surface area (Å²) < 4.78 is 25.7. The molecule has 0 radical (unpaired) electrons. The Bertz CT molecular complexity index is 175. The van der Waals surface area contributed by atoms with Crippen molar-refractivity contribution in [3.05, 3.63) is 0 Å². The summed E-state index contributed by atoms with van der Waals surface area (Å²) >= 11 is 0. The van der Waals surface area contributed by atoms with Gasteiger partial charge in [-0.05, 0) is 6.92 Å². The van der Waals surface area contributed by atoms with Gasteiger partial charge >= 0.3 is 0 Å². The number of hydrogen-bond acceptors (Lipinski definition) is 5. The van der Waals surface area contributed by atoms with E-state index in [1.165, 1.54) is 6.92 Å². The number of nitrogens with two attached hydrogens (primary N) is 2. The Morgan fingerprint density at radius 1 is 1.60 bits per heavy atom. The quantitative estimate of drug-likeness (QED) is 0.503. The fourth-order valence-electron chi connectivity index (χ4n) is 0.272. The molecule has 0 rings (SSSR count). The van der Waals surface area contributed by atoms with E-state index in [0.29, 0.717) is 0 Å². The second-order valence-corrected chi connectivity index (χ2v) is 3.77. The standard InChI is InChI=1S/C4H12N2O3S/c1-4(6)10(7,8)9-3-2-5/h4H,2-3,5-6H2,1H3. The Labute approximate surface area is 60.5 Å². The van der Waals surface area contributed by atoms with Crippen molar-refractivity contribution in [3.8, 4) is 0 Å². The highest BCUT2D eigenvalue weighted by molar-refractivity contribution is 7.87. The lowest BCUT2D eigenvalue weighted by Gasteiger charge is -2.05. The van der Waals surface area contributed by atoms with Crippen molar-refractivity contribution >= 4 is 10.1 Å². The van der Waals surface area contributed by atoms with Gasteiger partial charge in [0.15, 0.2) is 0 Å². The molecule has 5 nitrogen and oxygen atoms in total. The SMILES string of the molecule is CC(N)S(=O)(=O)OCCN. The molecule has 0 aromatic heterocycles. The Kier molecular flexibility index (Phi) is 3.80. The van der Waals surface area contributed by atoms with Crippen LogP contribution in [0.1, 0.15) is 6.92 Å². The molecule has 1 atom stereocenters. The lowest BCUT2D eigenvalue weighted by Crippen LogP contribution is -2.30. The summed E-state index contributed by atoms with van der Waals surface area (Å²) in [7, 11) is -3.56. The summed E-state index contributed by atoms with van der Waals surface area (Å²) in [6, 6.07) is 0. The summed E-state index contributed by atoms with van der Waals surface area (Å²) in [6.07, 6.45) is 0. The molecule has 0 aliphatic heterocycles. The average Bonchev–Trinajstić information content (AvgIpc) is 1.84. The van der Waals surface area contributed by atoms with Crippen LogP contribution in [0.15, 0.2) is 0 Å². The third-order valence-electron chi connectivity index (χ3n) is 0.821. The average molecular weight is 168 g/mol. The van der Waals surface area contributed by atoms with Gasteiger partial charge in [0.1, 0.15) is 5.37 Å². The minimum absolute atomic E-state index is 0.0100. The normalized spacial score (nSPS) is 15.1. The van der Waals surface area contributed by atoms with Crippen LogP contribution in [-0.2, 0) is 14.3 Å². The van der Waals surface area contributed by atoms with Gasteiger partial charge in [0, 0.05) is 6.54 Å². The molecule has 0 spiro atoms. The van der Waals surface area contributed by atoms with Crippen LogP contribution in [0.5, 0.6) is 0 Å². The molecule has 0 aromatic rings. The van der Waals surface area contributed by atoms with Crippen LogP contribution >= 0.6 is 0 Å². The zero-order chi connectivity index (χ0) is 8.20. The third-order valence-corrected chi connectivity index (χ3v) is 2.23. The third kappa shape index (κ3) is 3.11. The largest absolute Gasteiger partial charge is 0.328 e. The van der Waals surface area contributed by atoms with E-state index in [9.17, 15) is 8.42 Å². The number of hydrogen-bond donors (Lipinski definition) is 2. The maximum Gasteiger partial charge on any atom is 0.283 e. The van der Waals surface area contributed by atoms with Crippen molar-refractivity contribution in [2.75, 3.05) is 13.2 Å². The number of rotatable bonds is 4. The molecule has 0 amide bonds. The van der Waals surface area contributed by atoms with Crippen LogP contribution < -0.4 is 11.5 Å². The molecule has 6 heteroatoms. The monoisotopic (exact) mass is 168 g/mol. The van der Waals surface area contributed by atoms with E-state index in [-0.39, 0.29) is 13.2 Å². The molecule has 1 unspecified atom stereocenters. The molecule has 0 bridgehead atoms. The molecule has 0 saturated carbocycles. The van der Waals surface area contributed by atoms with Crippen molar-refractivity contribution in [1.82, 2.24) is 0 Å². The molecular weight excluding hydrogens is 156 g/mol. The summed E-state index contributed by atoms with van der Waals surface area (Å²) in [4.78, 5) is 0. The highest BCUT2D eigenvalue weighted by atomic mass is 32.2. The van der Waals surface area contributed by atoms with Crippen molar-refractivity contribution in [3.63, 3.8) is 0 Å². The van der Waals surface area contributed by atoms with Gasteiger partial charge in [0.05, 0.1) is 6.61 Å². The van der Waals surface area contributed by atoms with Crippen LogP contribution in [0.25, 0.3) is 0 Å². The minimum Gasteiger partial charge on any atom is -0.328 e. The topological polar surface area (TPSA) is 95.4 Å². The predicted molar refractivity (Wildman–Crippen MR) is 37.6 cm³/mol.